The van der Waals surface area contributed by atoms with Crippen molar-refractivity contribution in [3.63, 3.8) is 0 Å². The molecule has 1 aromatic carbocycles. The van der Waals surface area contributed by atoms with E-state index in [2.05, 4.69) is 21.2 Å². The van der Waals surface area contributed by atoms with E-state index in [1.807, 2.05) is 18.2 Å². The molecule has 0 spiro atoms. The second-order valence-corrected chi connectivity index (χ2v) is 9.59. The second-order valence-electron chi connectivity index (χ2n) is 8.05. The topological polar surface area (TPSA) is 61.9 Å². The van der Waals surface area contributed by atoms with Crippen molar-refractivity contribution in [3.05, 3.63) is 45.3 Å². The Morgan fingerprint density at radius 1 is 1.13 bits per heavy atom. The Balaban J connectivity index is 1.38. The number of benzene rings is 1. The van der Waals surface area contributed by atoms with Gasteiger partial charge in [0.25, 0.3) is 0 Å². The lowest BCUT2D eigenvalue weighted by atomic mass is 10.1. The van der Waals surface area contributed by atoms with Gasteiger partial charge < -0.3 is 15.0 Å². The van der Waals surface area contributed by atoms with Gasteiger partial charge in [-0.25, -0.2) is 4.79 Å². The van der Waals surface area contributed by atoms with Gasteiger partial charge in [0.2, 0.25) is 5.91 Å². The molecule has 2 aromatic rings. The van der Waals surface area contributed by atoms with Crippen LogP contribution in [0.4, 0.5) is 10.7 Å². The largest absolute Gasteiger partial charge is 0.465 e. The molecule has 1 fully saturated rings. The van der Waals surface area contributed by atoms with Crippen LogP contribution in [0.3, 0.4) is 0 Å². The molecule has 0 atom stereocenters. The summed E-state index contributed by atoms with van der Waals surface area (Å²) < 4.78 is 5.03. The number of methoxy groups -OCH3 is 1. The number of nitrogens with zero attached hydrogens (tertiary/aromatic N) is 2. The lowest BCUT2D eigenvalue weighted by Gasteiger charge is -2.35. The average Bonchev–Trinajstić information content (AvgIpc) is 2.93. The molecule has 2 aliphatic rings. The molecular weight excluding hydrogens is 434 g/mol. The number of piperazine rings is 1. The molecule has 0 unspecified atom stereocenters. The molecule has 1 amide bonds. The summed E-state index contributed by atoms with van der Waals surface area (Å²) in [5.41, 5.74) is 2.74. The Bertz CT molecular complexity index is 954. The van der Waals surface area contributed by atoms with Crippen LogP contribution in [0.2, 0.25) is 5.02 Å². The zero-order valence-corrected chi connectivity index (χ0v) is 19.4. The van der Waals surface area contributed by atoms with Gasteiger partial charge in [-0.2, -0.15) is 0 Å². The maximum atomic E-state index is 12.8. The van der Waals surface area contributed by atoms with E-state index in [1.54, 1.807) is 0 Å². The van der Waals surface area contributed by atoms with Crippen molar-refractivity contribution >= 4 is 45.5 Å². The first-order valence-electron chi connectivity index (χ1n) is 10.8. The molecule has 8 heteroatoms. The van der Waals surface area contributed by atoms with Crippen LogP contribution in [-0.2, 0) is 22.4 Å². The molecule has 31 heavy (non-hydrogen) atoms. The quantitative estimate of drug-likeness (QED) is 0.533. The minimum atomic E-state index is -0.357. The number of hydrogen-bond donors (Lipinski definition) is 1. The molecule has 1 aliphatic carbocycles. The number of amides is 1. The highest BCUT2D eigenvalue weighted by Crippen LogP contribution is 2.38. The molecule has 2 heterocycles. The van der Waals surface area contributed by atoms with Crippen molar-refractivity contribution in [1.82, 2.24) is 4.90 Å². The van der Waals surface area contributed by atoms with Gasteiger partial charge in [0.15, 0.2) is 0 Å². The van der Waals surface area contributed by atoms with Crippen molar-refractivity contribution in [2.75, 3.05) is 50.1 Å². The number of thiophene rings is 1. The van der Waals surface area contributed by atoms with Crippen LogP contribution in [0.5, 0.6) is 0 Å². The first-order chi connectivity index (χ1) is 15.0. The Labute approximate surface area is 192 Å². The summed E-state index contributed by atoms with van der Waals surface area (Å²) in [4.78, 5) is 30.9. The predicted molar refractivity (Wildman–Crippen MR) is 126 cm³/mol. The summed E-state index contributed by atoms with van der Waals surface area (Å²) in [6, 6.07) is 7.86. The second kappa shape index (κ2) is 10.0. The number of ether oxygens (including phenoxy) is 1. The molecule has 0 radical (unpaired) electrons. The highest BCUT2D eigenvalue weighted by molar-refractivity contribution is 7.17. The molecular formula is C23H28ClN3O3S. The lowest BCUT2D eigenvalue weighted by molar-refractivity contribution is -0.117. The Hall–Kier alpha value is -2.09. The summed E-state index contributed by atoms with van der Waals surface area (Å²) in [5.74, 6) is -0.442. The van der Waals surface area contributed by atoms with Gasteiger partial charge in [-0.05, 0) is 49.4 Å². The highest BCUT2D eigenvalue weighted by Gasteiger charge is 2.27. The van der Waals surface area contributed by atoms with Gasteiger partial charge in [0.1, 0.15) is 5.00 Å². The monoisotopic (exact) mass is 461 g/mol. The summed E-state index contributed by atoms with van der Waals surface area (Å²) in [7, 11) is 1.40. The Morgan fingerprint density at radius 2 is 1.90 bits per heavy atom. The number of rotatable bonds is 5. The van der Waals surface area contributed by atoms with Crippen molar-refractivity contribution in [1.29, 1.82) is 0 Å². The molecule has 166 valence electrons. The summed E-state index contributed by atoms with van der Waals surface area (Å²) in [6.45, 7) is 3.59. The summed E-state index contributed by atoms with van der Waals surface area (Å²) in [6.07, 6.45) is 5.20. The number of carbonyl (C=O) groups excluding carboxylic acids is 2. The summed E-state index contributed by atoms with van der Waals surface area (Å²) >= 11 is 7.65. The van der Waals surface area contributed by atoms with E-state index in [0.29, 0.717) is 17.1 Å². The zero-order chi connectivity index (χ0) is 21.8. The normalized spacial score (nSPS) is 17.0. The standard InChI is InChI=1S/C23H28ClN3O3S/c1-30-23(29)21-18-8-3-2-4-9-19(18)31-22(21)25-20(28)15-26-10-12-27(13-11-26)17-7-5-6-16(24)14-17/h5-7,14H,2-4,8-13,15H2,1H3,(H,25,28). The Morgan fingerprint density at radius 3 is 2.65 bits per heavy atom. The minimum Gasteiger partial charge on any atom is -0.465 e. The molecule has 0 bridgehead atoms. The number of aryl methyl sites for hydroxylation is 1. The van der Waals surface area contributed by atoms with Gasteiger partial charge in [-0.1, -0.05) is 24.1 Å². The van der Waals surface area contributed by atoms with Gasteiger partial charge in [-0.15, -0.1) is 11.3 Å². The zero-order valence-electron chi connectivity index (χ0n) is 17.8. The third-order valence-electron chi connectivity index (χ3n) is 5.98. The van der Waals surface area contributed by atoms with E-state index in [4.69, 9.17) is 16.3 Å². The van der Waals surface area contributed by atoms with Crippen LogP contribution < -0.4 is 10.2 Å². The molecule has 4 rings (SSSR count). The number of nitrogens with one attached hydrogen (secondary N) is 1. The van der Waals surface area contributed by atoms with Crippen LogP contribution in [-0.4, -0.2) is 56.6 Å². The first kappa shape index (κ1) is 22.1. The van der Waals surface area contributed by atoms with Gasteiger partial charge in [0.05, 0.1) is 19.2 Å². The number of carbonyl (C=O) groups is 2. The van der Waals surface area contributed by atoms with Gasteiger partial charge in [-0.3, -0.25) is 9.69 Å². The molecule has 1 N–H and O–H groups in total. The van der Waals surface area contributed by atoms with Crippen molar-refractivity contribution in [2.45, 2.75) is 32.1 Å². The number of hydrogen-bond acceptors (Lipinski definition) is 6. The average molecular weight is 462 g/mol. The highest BCUT2D eigenvalue weighted by atomic mass is 35.5. The third kappa shape index (κ3) is 5.22. The van der Waals surface area contributed by atoms with Crippen LogP contribution in [0, 0.1) is 0 Å². The number of fused-ring (bicyclic) bond motifs is 1. The van der Waals surface area contributed by atoms with Crippen molar-refractivity contribution in [3.8, 4) is 0 Å². The maximum Gasteiger partial charge on any atom is 0.341 e. The Kier molecular flexibility index (Phi) is 7.15. The molecule has 1 saturated heterocycles. The fraction of sp³-hybridized carbons (Fsp3) is 0.478. The van der Waals surface area contributed by atoms with E-state index < -0.39 is 0 Å². The van der Waals surface area contributed by atoms with Gasteiger partial charge in [0, 0.05) is 41.8 Å². The maximum absolute atomic E-state index is 12.8. The molecule has 1 aromatic heterocycles. The number of esters is 1. The van der Waals surface area contributed by atoms with Crippen molar-refractivity contribution in [2.24, 2.45) is 0 Å². The lowest BCUT2D eigenvalue weighted by Crippen LogP contribution is -2.48. The smallest absolute Gasteiger partial charge is 0.341 e. The predicted octanol–water partition coefficient (Wildman–Crippen LogP) is 4.22. The van der Waals surface area contributed by atoms with Crippen molar-refractivity contribution < 1.29 is 14.3 Å². The van der Waals surface area contributed by atoms with E-state index >= 15 is 0 Å². The molecule has 6 nitrogen and oxygen atoms in total. The summed E-state index contributed by atoms with van der Waals surface area (Å²) in [5, 5.41) is 4.38. The van der Waals surface area contributed by atoms with Crippen LogP contribution in [0.25, 0.3) is 0 Å². The fourth-order valence-electron chi connectivity index (χ4n) is 4.35. The minimum absolute atomic E-state index is 0.0854. The first-order valence-corrected chi connectivity index (χ1v) is 12.0. The molecule has 0 saturated carbocycles. The third-order valence-corrected chi connectivity index (χ3v) is 7.42. The van der Waals surface area contributed by atoms with E-state index in [9.17, 15) is 9.59 Å². The molecule has 1 aliphatic heterocycles. The van der Waals surface area contributed by atoms with Crippen LogP contribution in [0.1, 0.15) is 40.1 Å². The number of halogens is 1. The number of anilines is 2. The van der Waals surface area contributed by atoms with Crippen LogP contribution in [0.15, 0.2) is 24.3 Å². The van der Waals surface area contributed by atoms with E-state index in [0.717, 1.165) is 68.1 Å². The fourth-order valence-corrected chi connectivity index (χ4v) is 5.83. The SMILES string of the molecule is COC(=O)c1c(NC(=O)CN2CCN(c3cccc(Cl)c3)CC2)sc2c1CCCCC2. The van der Waals surface area contributed by atoms with E-state index in [1.165, 1.54) is 29.7 Å². The van der Waals surface area contributed by atoms with Gasteiger partial charge >= 0.3 is 5.97 Å². The van der Waals surface area contributed by atoms with Crippen LogP contribution >= 0.6 is 22.9 Å². The van der Waals surface area contributed by atoms with E-state index in [-0.39, 0.29) is 11.9 Å².